The molecule has 0 fully saturated rings. The highest BCUT2D eigenvalue weighted by molar-refractivity contribution is 9.10. The predicted octanol–water partition coefficient (Wildman–Crippen LogP) is 3.86. The molecule has 5 nitrogen and oxygen atoms in total. The maximum absolute atomic E-state index is 10.8. The molecule has 104 valence electrons. The van der Waals surface area contributed by atoms with E-state index in [2.05, 4.69) is 21.2 Å². The molecule has 0 aliphatic rings. The Morgan fingerprint density at radius 1 is 1.30 bits per heavy atom. The van der Waals surface area contributed by atoms with Crippen molar-refractivity contribution in [2.45, 2.75) is 13.5 Å². The molecule has 0 amide bonds. The van der Waals surface area contributed by atoms with E-state index in [0.29, 0.717) is 16.6 Å². The fourth-order valence-electron chi connectivity index (χ4n) is 1.84. The number of halogens is 1. The van der Waals surface area contributed by atoms with E-state index in [-0.39, 0.29) is 10.6 Å². The zero-order valence-corrected chi connectivity index (χ0v) is 12.5. The fourth-order valence-corrected chi connectivity index (χ4v) is 2.31. The molecule has 0 spiro atoms. The monoisotopic (exact) mass is 335 g/mol. The van der Waals surface area contributed by atoms with Crippen LogP contribution < -0.4 is 11.1 Å². The van der Waals surface area contributed by atoms with Gasteiger partial charge in [-0.05, 0) is 46.6 Å². The second-order valence-corrected chi connectivity index (χ2v) is 5.33. The topological polar surface area (TPSA) is 81.2 Å². The minimum absolute atomic E-state index is 0.106. The average molecular weight is 336 g/mol. The highest BCUT2D eigenvalue weighted by Gasteiger charge is 2.13. The Morgan fingerprint density at radius 2 is 1.95 bits per heavy atom. The third kappa shape index (κ3) is 3.27. The van der Waals surface area contributed by atoms with Crippen LogP contribution in [0.1, 0.15) is 11.1 Å². The molecule has 0 aliphatic heterocycles. The van der Waals surface area contributed by atoms with Crippen LogP contribution in [0.15, 0.2) is 40.9 Å². The van der Waals surface area contributed by atoms with Gasteiger partial charge in [0.25, 0.3) is 5.69 Å². The maximum atomic E-state index is 10.8. The standard InChI is InChI=1S/C14H14BrN3O2/c1-9-6-13(12(15)7-14(9)18(19)20)17-8-10-2-4-11(16)5-3-10/h2-7,17H,8,16H2,1H3. The molecule has 0 atom stereocenters. The second kappa shape index (κ2) is 5.92. The van der Waals surface area contributed by atoms with Crippen molar-refractivity contribution in [3.05, 3.63) is 62.1 Å². The number of benzene rings is 2. The van der Waals surface area contributed by atoms with Crippen LogP contribution in [0, 0.1) is 17.0 Å². The SMILES string of the molecule is Cc1cc(NCc2ccc(N)cc2)c(Br)cc1[N+](=O)[O-]. The summed E-state index contributed by atoms with van der Waals surface area (Å²) >= 11 is 3.35. The van der Waals surface area contributed by atoms with Crippen LogP contribution in [-0.4, -0.2) is 4.92 Å². The quantitative estimate of drug-likeness (QED) is 0.505. The summed E-state index contributed by atoms with van der Waals surface area (Å²) < 4.78 is 0.672. The van der Waals surface area contributed by atoms with Crippen LogP contribution in [0.2, 0.25) is 0 Å². The van der Waals surface area contributed by atoms with E-state index in [4.69, 9.17) is 5.73 Å². The number of rotatable bonds is 4. The van der Waals surface area contributed by atoms with Gasteiger partial charge in [-0.3, -0.25) is 10.1 Å². The van der Waals surface area contributed by atoms with Gasteiger partial charge in [-0.25, -0.2) is 0 Å². The van der Waals surface area contributed by atoms with Crippen molar-refractivity contribution >= 4 is 33.0 Å². The van der Waals surface area contributed by atoms with Crippen LogP contribution in [0.3, 0.4) is 0 Å². The van der Waals surface area contributed by atoms with Gasteiger partial charge >= 0.3 is 0 Å². The summed E-state index contributed by atoms with van der Waals surface area (Å²) in [5.74, 6) is 0. The van der Waals surface area contributed by atoms with E-state index in [1.807, 2.05) is 24.3 Å². The summed E-state index contributed by atoms with van der Waals surface area (Å²) in [5, 5.41) is 14.1. The molecule has 2 aromatic rings. The lowest BCUT2D eigenvalue weighted by atomic mass is 10.1. The van der Waals surface area contributed by atoms with Gasteiger partial charge in [0.1, 0.15) is 0 Å². The Bertz CT molecular complexity index is 642. The number of nitrogens with two attached hydrogens (primary N) is 1. The lowest BCUT2D eigenvalue weighted by molar-refractivity contribution is -0.385. The number of nitrogens with zero attached hydrogens (tertiary/aromatic N) is 1. The maximum Gasteiger partial charge on any atom is 0.273 e. The summed E-state index contributed by atoms with van der Waals surface area (Å²) in [6, 6.07) is 10.8. The highest BCUT2D eigenvalue weighted by Crippen LogP contribution is 2.30. The largest absolute Gasteiger partial charge is 0.399 e. The fraction of sp³-hybridized carbons (Fsp3) is 0.143. The molecule has 2 rings (SSSR count). The number of nitro benzene ring substituents is 1. The highest BCUT2D eigenvalue weighted by atomic mass is 79.9. The minimum Gasteiger partial charge on any atom is -0.399 e. The molecule has 0 saturated carbocycles. The molecule has 20 heavy (non-hydrogen) atoms. The van der Waals surface area contributed by atoms with Crippen molar-refractivity contribution in [2.75, 3.05) is 11.1 Å². The predicted molar refractivity (Wildman–Crippen MR) is 83.7 cm³/mol. The molecule has 0 radical (unpaired) electrons. The van der Waals surface area contributed by atoms with Gasteiger partial charge in [0.15, 0.2) is 0 Å². The Balaban J connectivity index is 2.16. The van der Waals surface area contributed by atoms with Crippen molar-refractivity contribution in [1.82, 2.24) is 0 Å². The van der Waals surface area contributed by atoms with Crippen LogP contribution in [0.5, 0.6) is 0 Å². The number of aryl methyl sites for hydroxylation is 1. The molecule has 6 heteroatoms. The smallest absolute Gasteiger partial charge is 0.273 e. The average Bonchev–Trinajstić information content (AvgIpc) is 2.41. The zero-order chi connectivity index (χ0) is 14.7. The molecule has 0 aromatic heterocycles. The van der Waals surface area contributed by atoms with Gasteiger partial charge in [-0.1, -0.05) is 12.1 Å². The van der Waals surface area contributed by atoms with Crippen LogP contribution in [-0.2, 0) is 6.54 Å². The van der Waals surface area contributed by atoms with Gasteiger partial charge in [-0.15, -0.1) is 0 Å². The molecule has 0 unspecified atom stereocenters. The number of anilines is 2. The number of nitrogens with one attached hydrogen (secondary N) is 1. The van der Waals surface area contributed by atoms with Crippen LogP contribution in [0.25, 0.3) is 0 Å². The van der Waals surface area contributed by atoms with Crippen molar-refractivity contribution in [2.24, 2.45) is 0 Å². The minimum atomic E-state index is -0.385. The summed E-state index contributed by atoms with van der Waals surface area (Å²) in [5.41, 5.74) is 8.99. The van der Waals surface area contributed by atoms with E-state index < -0.39 is 0 Å². The molecular formula is C14H14BrN3O2. The Morgan fingerprint density at radius 3 is 2.55 bits per heavy atom. The molecule has 0 saturated heterocycles. The first-order valence-electron chi connectivity index (χ1n) is 6.00. The summed E-state index contributed by atoms with van der Waals surface area (Å²) in [6.07, 6.45) is 0. The van der Waals surface area contributed by atoms with Gasteiger partial charge < -0.3 is 11.1 Å². The van der Waals surface area contributed by atoms with Gasteiger partial charge in [0.2, 0.25) is 0 Å². The lowest BCUT2D eigenvalue weighted by Crippen LogP contribution is -2.02. The first-order chi connectivity index (χ1) is 9.47. The third-order valence-corrected chi connectivity index (χ3v) is 3.60. The first-order valence-corrected chi connectivity index (χ1v) is 6.79. The third-order valence-electron chi connectivity index (χ3n) is 2.94. The van der Waals surface area contributed by atoms with Crippen LogP contribution in [0.4, 0.5) is 17.1 Å². The Kier molecular flexibility index (Phi) is 4.24. The van der Waals surface area contributed by atoms with Gasteiger partial charge in [0, 0.05) is 34.0 Å². The van der Waals surface area contributed by atoms with Crippen molar-refractivity contribution in [1.29, 1.82) is 0 Å². The van der Waals surface area contributed by atoms with Crippen LogP contribution >= 0.6 is 15.9 Å². The number of nitrogen functional groups attached to an aromatic ring is 1. The molecule has 2 aromatic carbocycles. The molecular weight excluding hydrogens is 322 g/mol. The van der Waals surface area contributed by atoms with E-state index in [1.54, 1.807) is 13.0 Å². The van der Waals surface area contributed by atoms with Crippen molar-refractivity contribution < 1.29 is 4.92 Å². The zero-order valence-electron chi connectivity index (χ0n) is 10.9. The van der Waals surface area contributed by atoms with E-state index >= 15 is 0 Å². The summed E-state index contributed by atoms with van der Waals surface area (Å²) in [6.45, 7) is 2.34. The number of hydrogen-bond acceptors (Lipinski definition) is 4. The molecule has 0 aliphatic carbocycles. The lowest BCUT2D eigenvalue weighted by Gasteiger charge is -2.10. The van der Waals surface area contributed by atoms with Crippen molar-refractivity contribution in [3.8, 4) is 0 Å². The molecule has 0 bridgehead atoms. The van der Waals surface area contributed by atoms with E-state index in [1.165, 1.54) is 6.07 Å². The number of hydrogen-bond donors (Lipinski definition) is 2. The Hall–Kier alpha value is -2.08. The molecule has 0 heterocycles. The van der Waals surface area contributed by atoms with E-state index in [0.717, 1.165) is 16.9 Å². The first kappa shape index (κ1) is 14.3. The van der Waals surface area contributed by atoms with Gasteiger partial charge in [-0.2, -0.15) is 0 Å². The summed E-state index contributed by atoms with van der Waals surface area (Å²) in [7, 11) is 0. The van der Waals surface area contributed by atoms with Gasteiger partial charge in [0.05, 0.1) is 4.92 Å². The number of nitro groups is 1. The second-order valence-electron chi connectivity index (χ2n) is 4.47. The van der Waals surface area contributed by atoms with Crippen molar-refractivity contribution in [3.63, 3.8) is 0 Å². The molecule has 3 N–H and O–H groups in total. The van der Waals surface area contributed by atoms with E-state index in [9.17, 15) is 10.1 Å². The Labute approximate surface area is 125 Å². The normalized spacial score (nSPS) is 10.3. The summed E-state index contributed by atoms with van der Waals surface area (Å²) in [4.78, 5) is 10.5.